The van der Waals surface area contributed by atoms with E-state index in [1.165, 1.54) is 20.0 Å². The molecule has 4 atom stereocenters. The molecule has 0 spiro atoms. The van der Waals surface area contributed by atoms with Gasteiger partial charge in [0.15, 0.2) is 11.6 Å². The Labute approximate surface area is 237 Å². The maximum atomic E-state index is 14.1. The molecule has 0 saturated heterocycles. The smallest absolute Gasteiger partial charge is 0.255 e. The van der Waals surface area contributed by atoms with Crippen LogP contribution in [0.25, 0.3) is 10.8 Å². The van der Waals surface area contributed by atoms with Crippen LogP contribution in [0, 0.1) is 23.7 Å². The van der Waals surface area contributed by atoms with Crippen molar-refractivity contribution in [1.29, 1.82) is 0 Å². The summed E-state index contributed by atoms with van der Waals surface area (Å²) in [5.74, 6) is -4.61. The first-order chi connectivity index (χ1) is 19.5. The van der Waals surface area contributed by atoms with Crippen molar-refractivity contribution in [2.45, 2.75) is 38.3 Å². The van der Waals surface area contributed by atoms with Gasteiger partial charge in [0.2, 0.25) is 0 Å². The van der Waals surface area contributed by atoms with Gasteiger partial charge in [0, 0.05) is 28.5 Å². The number of benzene rings is 2. The number of allylic oxidation sites excluding steroid dienone is 2. The minimum absolute atomic E-state index is 0.0498. The van der Waals surface area contributed by atoms with E-state index in [0.29, 0.717) is 28.6 Å². The minimum Gasteiger partial charge on any atom is -0.511 e. The van der Waals surface area contributed by atoms with Gasteiger partial charge >= 0.3 is 0 Å². The number of rotatable bonds is 7. The van der Waals surface area contributed by atoms with E-state index in [1.807, 2.05) is 18.2 Å². The SMILES string of the molecule is COc1c2c(c(O)c3cc(CNCC4CC4)ccc13)C(=O)C1=C(O)C3C(=O)C(C(N)=O)=C(O)[C@@H](N(C)C)C3C[C@@H]1C2. The second-order valence-electron chi connectivity index (χ2n) is 12.0. The number of phenols is 1. The summed E-state index contributed by atoms with van der Waals surface area (Å²) in [6.07, 6.45) is 3.05. The maximum Gasteiger partial charge on any atom is 0.255 e. The summed E-state index contributed by atoms with van der Waals surface area (Å²) < 4.78 is 5.82. The first-order valence-electron chi connectivity index (χ1n) is 14.0. The fourth-order valence-electron chi connectivity index (χ4n) is 7.23. The highest BCUT2D eigenvalue weighted by Crippen LogP contribution is 2.53. The van der Waals surface area contributed by atoms with E-state index in [1.54, 1.807) is 19.0 Å². The lowest BCUT2D eigenvalue weighted by atomic mass is 9.60. The average Bonchev–Trinajstić information content (AvgIpc) is 3.73. The van der Waals surface area contributed by atoms with E-state index in [9.17, 15) is 29.7 Å². The third-order valence-electron chi connectivity index (χ3n) is 9.22. The van der Waals surface area contributed by atoms with Crippen LogP contribution in [0.1, 0.15) is 40.7 Å². The van der Waals surface area contributed by atoms with E-state index in [2.05, 4.69) is 5.32 Å². The highest BCUT2D eigenvalue weighted by molar-refractivity contribution is 6.22. The van der Waals surface area contributed by atoms with Crippen LogP contribution in [-0.4, -0.2) is 71.5 Å². The van der Waals surface area contributed by atoms with Crippen molar-refractivity contribution < 1.29 is 34.4 Å². The molecule has 1 fully saturated rings. The quantitative estimate of drug-likeness (QED) is 0.320. The van der Waals surface area contributed by atoms with Crippen LogP contribution in [0.3, 0.4) is 0 Å². The number of aliphatic hydroxyl groups excluding tert-OH is 2. The molecule has 6 rings (SSSR count). The molecular formula is C31H35N3O7. The molecule has 0 bridgehead atoms. The van der Waals surface area contributed by atoms with Crippen LogP contribution in [0.4, 0.5) is 0 Å². The van der Waals surface area contributed by atoms with Gasteiger partial charge in [-0.2, -0.15) is 0 Å². The number of nitrogens with zero attached hydrogens (tertiary/aromatic N) is 1. The summed E-state index contributed by atoms with van der Waals surface area (Å²) >= 11 is 0. The van der Waals surface area contributed by atoms with Gasteiger partial charge in [-0.15, -0.1) is 0 Å². The molecule has 4 aliphatic carbocycles. The summed E-state index contributed by atoms with van der Waals surface area (Å²) in [6.45, 7) is 1.55. The van der Waals surface area contributed by atoms with Crippen molar-refractivity contribution in [2.75, 3.05) is 27.7 Å². The van der Waals surface area contributed by atoms with Gasteiger partial charge in [0.25, 0.3) is 5.91 Å². The fourth-order valence-corrected chi connectivity index (χ4v) is 7.23. The van der Waals surface area contributed by atoms with Crippen LogP contribution in [0.2, 0.25) is 0 Å². The van der Waals surface area contributed by atoms with Crippen LogP contribution < -0.4 is 15.8 Å². The molecule has 2 unspecified atom stereocenters. The monoisotopic (exact) mass is 561 g/mol. The number of methoxy groups -OCH3 is 1. The highest BCUT2D eigenvalue weighted by Gasteiger charge is 2.54. The average molecular weight is 562 g/mol. The molecule has 2 aromatic carbocycles. The Morgan fingerprint density at radius 1 is 1.12 bits per heavy atom. The molecule has 1 amide bonds. The van der Waals surface area contributed by atoms with Crippen molar-refractivity contribution >= 4 is 28.2 Å². The van der Waals surface area contributed by atoms with E-state index in [0.717, 1.165) is 18.0 Å². The number of carbonyl (C=O) groups is 3. The Morgan fingerprint density at radius 3 is 2.49 bits per heavy atom. The van der Waals surface area contributed by atoms with Crippen LogP contribution in [-0.2, 0) is 22.6 Å². The van der Waals surface area contributed by atoms with Crippen molar-refractivity contribution in [3.63, 3.8) is 0 Å². The van der Waals surface area contributed by atoms with E-state index in [-0.39, 0.29) is 29.7 Å². The topological polar surface area (TPSA) is 162 Å². The van der Waals surface area contributed by atoms with Gasteiger partial charge in [0.05, 0.1) is 24.6 Å². The van der Waals surface area contributed by atoms with Gasteiger partial charge in [-0.25, -0.2) is 0 Å². The Kier molecular flexibility index (Phi) is 6.58. The number of hydrogen-bond donors (Lipinski definition) is 5. The van der Waals surface area contributed by atoms with E-state index >= 15 is 0 Å². The van der Waals surface area contributed by atoms with Gasteiger partial charge in [-0.1, -0.05) is 12.1 Å². The lowest BCUT2D eigenvalue weighted by Crippen LogP contribution is -2.53. The zero-order chi connectivity index (χ0) is 29.3. The first kappa shape index (κ1) is 27.3. The van der Waals surface area contributed by atoms with Crippen molar-refractivity contribution in [3.05, 3.63) is 57.6 Å². The van der Waals surface area contributed by atoms with Gasteiger partial charge in [0.1, 0.15) is 28.6 Å². The van der Waals surface area contributed by atoms with Gasteiger partial charge < -0.3 is 31.1 Å². The largest absolute Gasteiger partial charge is 0.511 e. The number of aliphatic hydroxyl groups is 2. The predicted octanol–water partition coefficient (Wildman–Crippen LogP) is 2.67. The maximum absolute atomic E-state index is 14.1. The third kappa shape index (κ3) is 4.19. The number of nitrogens with two attached hydrogens (primary N) is 1. The third-order valence-corrected chi connectivity index (χ3v) is 9.22. The molecule has 0 heterocycles. The number of phenolic OH excluding ortho intramolecular Hbond substituents is 1. The first-order valence-corrected chi connectivity index (χ1v) is 14.0. The molecule has 4 aliphatic rings. The Bertz CT molecular complexity index is 1570. The van der Waals surface area contributed by atoms with Crippen molar-refractivity contribution in [3.8, 4) is 11.5 Å². The second kappa shape index (κ2) is 9.88. The lowest BCUT2D eigenvalue weighted by molar-refractivity contribution is -0.127. The standard InChI is InChI=1S/C31H35N3O7/c1-34(2)24-18-9-15-10-19-22(27(37)20(15)26(36)21(18)28(38)23(29(24)39)31(32)40)25(35)17-8-14(12-33-11-13-4-5-13)6-7-16(17)30(19)41-3/h6-8,13,15,18,21,24,33,35-36,39H,4-5,9-12H2,1-3H3,(H2,32,40)/t15-,18?,21?,24+/m1/s1. The highest BCUT2D eigenvalue weighted by atomic mass is 16.5. The molecule has 216 valence electrons. The Morgan fingerprint density at radius 2 is 1.85 bits per heavy atom. The molecule has 2 aromatic rings. The number of fused-ring (bicyclic) bond motifs is 4. The normalized spacial score (nSPS) is 25.9. The number of nitrogens with one attached hydrogen (secondary N) is 1. The van der Waals surface area contributed by atoms with Crippen molar-refractivity contribution in [2.24, 2.45) is 29.4 Å². The molecule has 10 heteroatoms. The Balaban J connectivity index is 1.46. The number of ketones is 2. The number of likely N-dealkylation sites (N-methyl/N-ethyl adjacent to an activating group) is 1. The minimum atomic E-state index is -1.22. The summed E-state index contributed by atoms with van der Waals surface area (Å²) in [4.78, 5) is 41.3. The number of hydrogen-bond acceptors (Lipinski definition) is 9. The zero-order valence-electron chi connectivity index (χ0n) is 23.4. The van der Waals surface area contributed by atoms with Crippen molar-refractivity contribution in [1.82, 2.24) is 10.2 Å². The number of amides is 1. The lowest BCUT2D eigenvalue weighted by Gasteiger charge is -2.46. The van der Waals surface area contributed by atoms with E-state index < -0.39 is 58.4 Å². The molecule has 10 nitrogen and oxygen atoms in total. The Hall–Kier alpha value is -3.89. The number of ether oxygens (including phenoxy) is 1. The summed E-state index contributed by atoms with van der Waals surface area (Å²) in [5, 5.41) is 38.5. The molecule has 1 saturated carbocycles. The van der Waals surface area contributed by atoms with E-state index in [4.69, 9.17) is 10.5 Å². The number of carbonyl (C=O) groups excluding carboxylic acids is 3. The van der Waals surface area contributed by atoms with Crippen LogP contribution >= 0.6 is 0 Å². The summed E-state index contributed by atoms with van der Waals surface area (Å²) in [7, 11) is 4.93. The fraction of sp³-hybridized carbons (Fsp3) is 0.452. The number of aromatic hydroxyl groups is 1. The summed E-state index contributed by atoms with van der Waals surface area (Å²) in [6, 6.07) is 4.95. The molecular weight excluding hydrogens is 526 g/mol. The van der Waals surface area contributed by atoms with Gasteiger partial charge in [-0.05, 0) is 75.7 Å². The van der Waals surface area contributed by atoms with Gasteiger partial charge in [-0.3, -0.25) is 19.3 Å². The summed E-state index contributed by atoms with van der Waals surface area (Å²) in [5.41, 5.74) is 6.49. The molecule has 0 aliphatic heterocycles. The molecule has 6 N–H and O–H groups in total. The zero-order valence-corrected chi connectivity index (χ0v) is 23.4. The number of primary amides is 1. The molecule has 41 heavy (non-hydrogen) atoms. The van der Waals surface area contributed by atoms with Crippen LogP contribution in [0.15, 0.2) is 40.9 Å². The number of Topliss-reactive ketones (excluding diaryl/α,β-unsaturated/α-hetero) is 2. The molecule has 0 radical (unpaired) electrons. The second-order valence-corrected chi connectivity index (χ2v) is 12.0. The molecule has 0 aromatic heterocycles. The predicted molar refractivity (Wildman–Crippen MR) is 151 cm³/mol. The van der Waals surface area contributed by atoms with Crippen LogP contribution in [0.5, 0.6) is 11.5 Å².